The number of H-pyrrole nitrogens is 2. The first-order valence-corrected chi connectivity index (χ1v) is 16.5. The Morgan fingerprint density at radius 2 is 1.47 bits per heavy atom. The average molecular weight is 705 g/mol. The minimum Gasteiger partial charge on any atom is -0.465 e. The molecule has 4 amide bonds. The number of aromatic amines is 2. The number of likely N-dealkylation sites (tertiary alicyclic amines) is 2. The molecule has 0 aliphatic carbocycles. The molecule has 5 N–H and O–H groups in total. The summed E-state index contributed by atoms with van der Waals surface area (Å²) in [4.78, 5) is 65.8. The number of aromatic nitrogens is 4. The number of hydrogen-bond donors (Lipinski definition) is 5. The van der Waals surface area contributed by atoms with E-state index in [1.54, 1.807) is 6.20 Å². The van der Waals surface area contributed by atoms with E-state index in [2.05, 4.69) is 35.3 Å². The van der Waals surface area contributed by atoms with E-state index in [4.69, 9.17) is 5.11 Å². The molecular weight excluding hydrogens is 666 g/mol. The first-order chi connectivity index (χ1) is 24.4. The maximum absolute atomic E-state index is 16.3. The van der Waals surface area contributed by atoms with Crippen molar-refractivity contribution in [3.8, 4) is 33.6 Å². The zero-order chi connectivity index (χ0) is 36.4. The molecule has 4 heterocycles. The van der Waals surface area contributed by atoms with Crippen LogP contribution in [-0.2, 0) is 20.1 Å². The van der Waals surface area contributed by atoms with Crippen molar-refractivity contribution in [1.29, 1.82) is 0 Å². The highest BCUT2D eigenvalue weighted by Crippen LogP contribution is 2.40. The highest BCUT2D eigenvalue weighted by atomic mass is 19.1. The number of benzene rings is 2. The Morgan fingerprint density at radius 3 is 2.08 bits per heavy atom. The summed E-state index contributed by atoms with van der Waals surface area (Å²) in [6.07, 6.45) is 0.319. The van der Waals surface area contributed by atoms with Gasteiger partial charge in [-0.3, -0.25) is 9.59 Å². The molecular formula is C35H38F2N8O6. The predicted molar refractivity (Wildman–Crippen MR) is 180 cm³/mol. The van der Waals surface area contributed by atoms with Crippen molar-refractivity contribution in [2.75, 3.05) is 20.2 Å². The second-order valence-corrected chi connectivity index (χ2v) is 12.7. The molecule has 2 aliphatic rings. The van der Waals surface area contributed by atoms with Gasteiger partial charge in [-0.2, -0.15) is 0 Å². The molecule has 2 aromatic carbocycles. The SMILES string of the molecule is COC(=O)N[C@@H](C)C(=O)N1CCCC1(F)c1ncc(-c2ccc(-c3ccc(-c4cnc([C@@H]5C[C@@H](F)CN5C(=O)[C@H](C)NC(=O)O)[nH]4)cc3)cc2)[nH]1. The highest BCUT2D eigenvalue weighted by molar-refractivity contribution is 5.86. The summed E-state index contributed by atoms with van der Waals surface area (Å²) >= 11 is 0. The van der Waals surface area contributed by atoms with E-state index in [1.165, 1.54) is 32.1 Å². The van der Waals surface area contributed by atoms with Gasteiger partial charge in [-0.15, -0.1) is 0 Å². The number of rotatable bonds is 9. The summed E-state index contributed by atoms with van der Waals surface area (Å²) in [7, 11) is 1.18. The number of imidazole rings is 2. The molecule has 1 unspecified atom stereocenters. The van der Waals surface area contributed by atoms with Crippen LogP contribution in [0.25, 0.3) is 33.6 Å². The Balaban J connectivity index is 1.12. The van der Waals surface area contributed by atoms with Crippen molar-refractivity contribution in [3.63, 3.8) is 0 Å². The van der Waals surface area contributed by atoms with E-state index in [1.807, 2.05) is 48.5 Å². The van der Waals surface area contributed by atoms with Crippen molar-refractivity contribution < 1.29 is 37.8 Å². The van der Waals surface area contributed by atoms with Gasteiger partial charge in [0.25, 0.3) is 0 Å². The molecule has 51 heavy (non-hydrogen) atoms. The first-order valence-electron chi connectivity index (χ1n) is 16.5. The maximum atomic E-state index is 16.3. The van der Waals surface area contributed by atoms with Gasteiger partial charge in [0.1, 0.15) is 24.1 Å². The molecule has 0 bridgehead atoms. The molecule has 16 heteroatoms. The number of nitrogens with one attached hydrogen (secondary N) is 4. The van der Waals surface area contributed by atoms with E-state index < -0.39 is 54.1 Å². The number of ether oxygens (including phenoxy) is 1. The van der Waals surface area contributed by atoms with Gasteiger partial charge < -0.3 is 40.2 Å². The number of alkyl carbamates (subject to hydrolysis) is 1. The van der Waals surface area contributed by atoms with Gasteiger partial charge in [-0.25, -0.2) is 28.3 Å². The standard InChI is InChI=1S/C35H38F2N8O6/c1-19(40-33(48)49)30(46)44-18-25(36)15-28(44)29-38-16-26(42-29)23-9-5-21(6-10-23)22-7-11-24(12-8-22)27-17-39-32(43-27)35(37)13-4-14-45(35)31(47)20(2)41-34(50)51-3/h5-12,16-17,19-20,25,28,40H,4,13-15,18H2,1-3H3,(H,38,42)(H,39,43)(H,41,50)(H,48,49)/t19-,20-,25+,28-,35?/m0/s1. The summed E-state index contributed by atoms with van der Waals surface area (Å²) in [6, 6.07) is 12.6. The molecule has 2 saturated heterocycles. The molecule has 14 nitrogen and oxygen atoms in total. The molecule has 2 aromatic heterocycles. The van der Waals surface area contributed by atoms with Crippen LogP contribution in [0.5, 0.6) is 0 Å². The predicted octanol–water partition coefficient (Wildman–Crippen LogP) is 4.89. The van der Waals surface area contributed by atoms with Gasteiger partial charge in [-0.05, 0) is 42.5 Å². The van der Waals surface area contributed by atoms with Gasteiger partial charge in [0.2, 0.25) is 17.6 Å². The van der Waals surface area contributed by atoms with Crippen molar-refractivity contribution in [2.45, 2.75) is 63.2 Å². The van der Waals surface area contributed by atoms with Crippen LogP contribution in [0, 0.1) is 0 Å². The van der Waals surface area contributed by atoms with Crippen LogP contribution in [0.15, 0.2) is 60.9 Å². The lowest BCUT2D eigenvalue weighted by atomic mass is 10.0. The molecule has 0 spiro atoms. The van der Waals surface area contributed by atoms with Crippen LogP contribution in [0.3, 0.4) is 0 Å². The molecule has 2 aliphatic heterocycles. The highest BCUT2D eigenvalue weighted by Gasteiger charge is 2.49. The van der Waals surface area contributed by atoms with Crippen molar-refractivity contribution in [1.82, 2.24) is 40.4 Å². The second-order valence-electron chi connectivity index (χ2n) is 12.7. The molecule has 268 valence electrons. The molecule has 0 radical (unpaired) electrons. The van der Waals surface area contributed by atoms with Crippen LogP contribution >= 0.6 is 0 Å². The summed E-state index contributed by atoms with van der Waals surface area (Å²) in [5, 5.41) is 13.5. The Labute approximate surface area is 291 Å². The van der Waals surface area contributed by atoms with Crippen molar-refractivity contribution in [3.05, 3.63) is 72.6 Å². The number of carboxylic acid groups (broad SMARTS) is 1. The van der Waals surface area contributed by atoms with E-state index in [9.17, 15) is 23.6 Å². The first kappa shape index (κ1) is 35.0. The minimum absolute atomic E-state index is 0.0109. The van der Waals surface area contributed by atoms with Crippen LogP contribution in [0.4, 0.5) is 18.4 Å². The van der Waals surface area contributed by atoms with Crippen LogP contribution in [0.1, 0.15) is 50.8 Å². The smallest absolute Gasteiger partial charge is 0.407 e. The largest absolute Gasteiger partial charge is 0.465 e. The van der Waals surface area contributed by atoms with Crippen LogP contribution < -0.4 is 10.6 Å². The van der Waals surface area contributed by atoms with E-state index >= 15 is 4.39 Å². The summed E-state index contributed by atoms with van der Waals surface area (Å²) in [5.41, 5.74) is 4.70. The summed E-state index contributed by atoms with van der Waals surface area (Å²) < 4.78 is 35.3. The van der Waals surface area contributed by atoms with Crippen LogP contribution in [-0.4, -0.2) is 97.3 Å². The van der Waals surface area contributed by atoms with Crippen LogP contribution in [0.2, 0.25) is 0 Å². The van der Waals surface area contributed by atoms with Gasteiger partial charge in [0.05, 0.1) is 43.5 Å². The number of nitrogens with zero attached hydrogens (tertiary/aromatic N) is 4. The number of halogens is 2. The van der Waals surface area contributed by atoms with E-state index in [0.29, 0.717) is 23.6 Å². The fraction of sp³-hybridized carbons (Fsp3) is 0.371. The minimum atomic E-state index is -2.15. The fourth-order valence-corrected chi connectivity index (χ4v) is 6.63. The number of carbonyl (C=O) groups excluding carboxylic acids is 3. The van der Waals surface area contributed by atoms with Gasteiger partial charge in [0, 0.05) is 19.4 Å². The zero-order valence-corrected chi connectivity index (χ0v) is 28.2. The third kappa shape index (κ3) is 7.11. The number of alkyl halides is 2. The molecule has 2 fully saturated rings. The Kier molecular flexibility index (Phi) is 9.76. The third-order valence-corrected chi connectivity index (χ3v) is 9.29. The van der Waals surface area contributed by atoms with Gasteiger partial charge in [-0.1, -0.05) is 48.5 Å². The second kappa shape index (κ2) is 14.2. The van der Waals surface area contributed by atoms with Gasteiger partial charge in [0.15, 0.2) is 5.82 Å². The lowest BCUT2D eigenvalue weighted by Crippen LogP contribution is -2.51. The normalized spacial score (nSPS) is 21.3. The number of amides is 4. The topological polar surface area (TPSA) is 186 Å². The number of carbonyl (C=O) groups is 4. The Bertz CT molecular complexity index is 1920. The van der Waals surface area contributed by atoms with E-state index in [0.717, 1.165) is 27.2 Å². The fourth-order valence-electron chi connectivity index (χ4n) is 6.63. The molecule has 5 atom stereocenters. The Hall–Kier alpha value is -5.80. The van der Waals surface area contributed by atoms with E-state index in [-0.39, 0.29) is 31.8 Å². The number of hydrogen-bond acceptors (Lipinski definition) is 7. The monoisotopic (exact) mass is 704 g/mol. The Morgan fingerprint density at radius 1 is 0.902 bits per heavy atom. The van der Waals surface area contributed by atoms with Crippen molar-refractivity contribution in [2.24, 2.45) is 0 Å². The molecule has 4 aromatic rings. The third-order valence-electron chi connectivity index (χ3n) is 9.29. The molecule has 6 rings (SSSR count). The average Bonchev–Trinajstić information content (AvgIpc) is 3.94. The summed E-state index contributed by atoms with van der Waals surface area (Å²) in [6.45, 7) is 2.93. The lowest BCUT2D eigenvalue weighted by Gasteiger charge is -2.31. The maximum Gasteiger partial charge on any atom is 0.407 e. The zero-order valence-electron chi connectivity index (χ0n) is 28.2. The molecule has 0 saturated carbocycles. The lowest BCUT2D eigenvalue weighted by molar-refractivity contribution is -0.145. The quantitative estimate of drug-likeness (QED) is 0.153. The van der Waals surface area contributed by atoms with Crippen molar-refractivity contribution >= 4 is 24.0 Å². The summed E-state index contributed by atoms with van der Waals surface area (Å²) in [5.74, 6) is -2.83. The van der Waals surface area contributed by atoms with Gasteiger partial charge >= 0.3 is 12.2 Å². The number of methoxy groups -OCH3 is 1.